The quantitative estimate of drug-likeness (QED) is 0.683. The first-order chi connectivity index (χ1) is 12.1. The van der Waals surface area contributed by atoms with Crippen molar-refractivity contribution in [2.24, 2.45) is 0 Å². The van der Waals surface area contributed by atoms with Gasteiger partial charge in [0.1, 0.15) is 23.0 Å². The Hall–Kier alpha value is -2.36. The number of anilines is 1. The lowest BCUT2D eigenvalue weighted by Gasteiger charge is -2.24. The summed E-state index contributed by atoms with van der Waals surface area (Å²) in [4.78, 5) is 4.77. The van der Waals surface area contributed by atoms with Crippen LogP contribution in [-0.2, 0) is 0 Å². The molecule has 25 heavy (non-hydrogen) atoms. The average Bonchev–Trinajstić information content (AvgIpc) is 2.97. The Bertz CT molecular complexity index is 907. The molecule has 1 aromatic carbocycles. The van der Waals surface area contributed by atoms with Crippen molar-refractivity contribution >= 4 is 11.5 Å². The van der Waals surface area contributed by atoms with Crippen molar-refractivity contribution < 1.29 is 4.39 Å². The summed E-state index contributed by atoms with van der Waals surface area (Å²) in [5.41, 5.74) is 4.27. The fourth-order valence-corrected chi connectivity index (χ4v) is 3.84. The molecule has 3 nitrogen and oxygen atoms in total. The summed E-state index contributed by atoms with van der Waals surface area (Å²) in [7, 11) is 0. The van der Waals surface area contributed by atoms with Crippen molar-refractivity contribution in [3.63, 3.8) is 0 Å². The number of rotatable bonds is 3. The third-order valence-corrected chi connectivity index (χ3v) is 5.16. The molecule has 0 saturated heterocycles. The van der Waals surface area contributed by atoms with E-state index in [1.807, 2.05) is 25.1 Å². The van der Waals surface area contributed by atoms with E-state index in [0.29, 0.717) is 17.3 Å². The van der Waals surface area contributed by atoms with Gasteiger partial charge in [-0.3, -0.25) is 4.40 Å². The van der Waals surface area contributed by atoms with Gasteiger partial charge in [0.05, 0.1) is 0 Å². The zero-order chi connectivity index (χ0) is 17.4. The van der Waals surface area contributed by atoms with E-state index in [1.165, 1.54) is 25.3 Å². The van der Waals surface area contributed by atoms with Gasteiger partial charge in [-0.15, -0.1) is 0 Å². The summed E-state index contributed by atoms with van der Waals surface area (Å²) in [5.74, 6) is 0.697. The summed E-state index contributed by atoms with van der Waals surface area (Å²) >= 11 is 0. The molecule has 0 atom stereocenters. The smallest absolute Gasteiger partial charge is 0.139 e. The Morgan fingerprint density at radius 1 is 1.08 bits per heavy atom. The zero-order valence-electron chi connectivity index (χ0n) is 14.8. The molecule has 0 aliphatic heterocycles. The predicted octanol–water partition coefficient (Wildman–Crippen LogP) is 5.50. The maximum Gasteiger partial charge on any atom is 0.139 e. The van der Waals surface area contributed by atoms with E-state index in [2.05, 4.69) is 22.7 Å². The van der Waals surface area contributed by atoms with Crippen LogP contribution in [0, 0.1) is 19.7 Å². The molecule has 3 aromatic rings. The van der Waals surface area contributed by atoms with Crippen molar-refractivity contribution in [1.29, 1.82) is 0 Å². The van der Waals surface area contributed by atoms with E-state index in [4.69, 9.17) is 4.98 Å². The van der Waals surface area contributed by atoms with Gasteiger partial charge in [0, 0.05) is 17.3 Å². The molecule has 0 unspecified atom stereocenters. The van der Waals surface area contributed by atoms with Gasteiger partial charge in [0.15, 0.2) is 0 Å². The SMILES string of the molecule is Cc1ccc(F)c(-c2nc3cccc(C)n3c2NC2CCCCC2)c1. The first-order valence-electron chi connectivity index (χ1n) is 9.14. The van der Waals surface area contributed by atoms with Crippen LogP contribution < -0.4 is 5.32 Å². The molecular weight excluding hydrogens is 313 g/mol. The maximum absolute atomic E-state index is 14.6. The fourth-order valence-electron chi connectivity index (χ4n) is 3.84. The summed E-state index contributed by atoms with van der Waals surface area (Å²) < 4.78 is 16.7. The number of aromatic nitrogens is 2. The Morgan fingerprint density at radius 3 is 2.68 bits per heavy atom. The van der Waals surface area contributed by atoms with Crippen LogP contribution in [0.25, 0.3) is 16.9 Å². The number of hydrogen-bond acceptors (Lipinski definition) is 2. The highest BCUT2D eigenvalue weighted by Gasteiger charge is 2.22. The van der Waals surface area contributed by atoms with Gasteiger partial charge < -0.3 is 5.32 Å². The fraction of sp³-hybridized carbons (Fsp3) is 0.381. The molecule has 1 aliphatic carbocycles. The molecule has 1 N–H and O–H groups in total. The first kappa shape index (κ1) is 16.1. The van der Waals surface area contributed by atoms with Crippen molar-refractivity contribution in [1.82, 2.24) is 9.38 Å². The van der Waals surface area contributed by atoms with E-state index in [0.717, 1.165) is 35.6 Å². The molecule has 1 fully saturated rings. The van der Waals surface area contributed by atoms with E-state index in [9.17, 15) is 4.39 Å². The zero-order valence-corrected chi connectivity index (χ0v) is 14.8. The summed E-state index contributed by atoms with van der Waals surface area (Å²) in [5, 5.41) is 3.69. The second-order valence-electron chi connectivity index (χ2n) is 7.13. The Labute approximate surface area is 147 Å². The highest BCUT2D eigenvalue weighted by Crippen LogP contribution is 2.34. The number of hydrogen-bond donors (Lipinski definition) is 1. The maximum atomic E-state index is 14.6. The Morgan fingerprint density at radius 2 is 1.88 bits per heavy atom. The topological polar surface area (TPSA) is 29.3 Å². The van der Waals surface area contributed by atoms with Crippen LogP contribution in [0.5, 0.6) is 0 Å². The molecule has 1 aliphatic rings. The average molecular weight is 337 g/mol. The van der Waals surface area contributed by atoms with Gasteiger partial charge >= 0.3 is 0 Å². The standard InChI is InChI=1S/C21H24FN3/c1-14-11-12-18(22)17(13-14)20-21(23-16-8-4-3-5-9-16)25-15(2)7-6-10-19(25)24-20/h6-7,10-13,16,23H,3-5,8-9H2,1-2H3. The van der Waals surface area contributed by atoms with Gasteiger partial charge in [-0.25, -0.2) is 9.37 Å². The first-order valence-corrected chi connectivity index (χ1v) is 9.14. The largest absolute Gasteiger partial charge is 0.367 e. The normalized spacial score (nSPS) is 15.6. The highest BCUT2D eigenvalue weighted by molar-refractivity contribution is 5.77. The third-order valence-electron chi connectivity index (χ3n) is 5.16. The molecule has 0 spiro atoms. The summed E-state index contributed by atoms with van der Waals surface area (Å²) in [6, 6.07) is 11.7. The highest BCUT2D eigenvalue weighted by atomic mass is 19.1. The second kappa shape index (κ2) is 6.51. The van der Waals surface area contributed by atoms with Gasteiger partial charge in [-0.1, -0.05) is 37.0 Å². The minimum atomic E-state index is -0.224. The molecule has 2 heterocycles. The lowest BCUT2D eigenvalue weighted by molar-refractivity contribution is 0.461. The van der Waals surface area contributed by atoms with Crippen LogP contribution in [-0.4, -0.2) is 15.4 Å². The number of fused-ring (bicyclic) bond motifs is 1. The number of aryl methyl sites for hydroxylation is 2. The molecular formula is C21H24FN3. The van der Waals surface area contributed by atoms with Crippen molar-refractivity contribution in [3.8, 4) is 11.3 Å². The number of pyridine rings is 1. The van der Waals surface area contributed by atoms with Crippen molar-refractivity contribution in [2.45, 2.75) is 52.0 Å². The van der Waals surface area contributed by atoms with Crippen LogP contribution >= 0.6 is 0 Å². The molecule has 4 rings (SSSR count). The molecule has 1 saturated carbocycles. The van der Waals surface area contributed by atoms with Crippen molar-refractivity contribution in [2.75, 3.05) is 5.32 Å². The van der Waals surface area contributed by atoms with E-state index in [1.54, 1.807) is 6.07 Å². The number of nitrogens with one attached hydrogen (secondary N) is 1. The van der Waals surface area contributed by atoms with Crippen LogP contribution in [0.1, 0.15) is 43.4 Å². The van der Waals surface area contributed by atoms with Gasteiger partial charge in [-0.05, 0) is 51.0 Å². The van der Waals surface area contributed by atoms with E-state index < -0.39 is 0 Å². The lowest BCUT2D eigenvalue weighted by Crippen LogP contribution is -2.23. The van der Waals surface area contributed by atoms with Crippen LogP contribution in [0.15, 0.2) is 36.4 Å². The van der Waals surface area contributed by atoms with E-state index in [-0.39, 0.29) is 5.82 Å². The Kier molecular flexibility index (Phi) is 4.20. The van der Waals surface area contributed by atoms with Gasteiger partial charge in [0.2, 0.25) is 0 Å². The lowest BCUT2D eigenvalue weighted by atomic mass is 9.95. The van der Waals surface area contributed by atoms with Crippen LogP contribution in [0.4, 0.5) is 10.2 Å². The van der Waals surface area contributed by atoms with Crippen molar-refractivity contribution in [3.05, 3.63) is 53.5 Å². The second-order valence-corrected chi connectivity index (χ2v) is 7.13. The van der Waals surface area contributed by atoms with E-state index >= 15 is 0 Å². The third kappa shape index (κ3) is 3.01. The summed E-state index contributed by atoms with van der Waals surface area (Å²) in [6.07, 6.45) is 6.14. The monoisotopic (exact) mass is 337 g/mol. The van der Waals surface area contributed by atoms with Gasteiger partial charge in [0.25, 0.3) is 0 Å². The Balaban J connectivity index is 1.89. The minimum absolute atomic E-state index is 0.224. The molecule has 4 heteroatoms. The summed E-state index contributed by atoms with van der Waals surface area (Å²) in [6.45, 7) is 4.05. The molecule has 0 radical (unpaired) electrons. The molecule has 0 amide bonds. The minimum Gasteiger partial charge on any atom is -0.367 e. The number of halogens is 1. The number of benzene rings is 1. The number of nitrogens with zero attached hydrogens (tertiary/aromatic N) is 2. The molecule has 2 aromatic heterocycles. The molecule has 0 bridgehead atoms. The predicted molar refractivity (Wildman–Crippen MR) is 101 cm³/mol. The van der Waals surface area contributed by atoms with Gasteiger partial charge in [-0.2, -0.15) is 0 Å². The van der Waals surface area contributed by atoms with Crippen LogP contribution in [0.3, 0.4) is 0 Å². The van der Waals surface area contributed by atoms with Crippen LogP contribution in [0.2, 0.25) is 0 Å². The number of imidazole rings is 1. The molecule has 130 valence electrons.